The van der Waals surface area contributed by atoms with Gasteiger partial charge in [-0.2, -0.15) is 0 Å². The normalized spacial score (nSPS) is 11.7. The largest absolute Gasteiger partial charge is 0.201 e. The molecule has 0 N–H and O–H groups in total. The van der Waals surface area contributed by atoms with Gasteiger partial charge in [-0.15, -0.1) is 0 Å². The molecule has 0 bridgehead atoms. The monoisotopic (exact) mass is 592 g/mol. The second kappa shape index (κ2) is 9.68. The summed E-state index contributed by atoms with van der Waals surface area (Å²) in [5.74, 6) is -0.379. The molecule has 0 aliphatic carbocycles. The Morgan fingerprint density at radius 2 is 0.710 bits per heavy atom. The van der Waals surface area contributed by atoms with E-state index in [1.807, 2.05) is 48.5 Å². The first-order valence-corrected chi connectivity index (χ1v) is 12.3. The van der Waals surface area contributed by atoms with Crippen molar-refractivity contribution >= 4 is 66.7 Å². The number of halogens is 5. The van der Waals surface area contributed by atoms with Crippen LogP contribution in [0.1, 0.15) is 17.0 Å². The molecule has 0 amide bonds. The van der Waals surface area contributed by atoms with Crippen molar-refractivity contribution < 1.29 is 0 Å². The van der Waals surface area contributed by atoms with Crippen LogP contribution in [-0.2, 0) is 0 Å². The lowest BCUT2D eigenvalue weighted by Crippen LogP contribution is -2.18. The highest BCUT2D eigenvalue weighted by molar-refractivity contribution is 9.10. The molecular formula is C26H17Br2Cl3. The zero-order chi connectivity index (χ0) is 22.0. The fourth-order valence-corrected chi connectivity index (χ4v) is 4.88. The summed E-state index contributed by atoms with van der Waals surface area (Å²) in [5.41, 5.74) is 6.42. The number of hydrogen-bond acceptors (Lipinski definition) is 0. The van der Waals surface area contributed by atoms with Gasteiger partial charge in [0, 0.05) is 8.95 Å². The van der Waals surface area contributed by atoms with Crippen molar-refractivity contribution in [3.05, 3.63) is 117 Å². The van der Waals surface area contributed by atoms with Crippen LogP contribution >= 0.6 is 66.7 Å². The third kappa shape index (κ3) is 5.56. The molecule has 4 aromatic carbocycles. The average Bonchev–Trinajstić information content (AvgIpc) is 2.75. The smallest absolute Gasteiger partial charge is 0.0826 e. The second-order valence-corrected chi connectivity index (χ2v) is 11.4. The molecule has 156 valence electrons. The number of rotatable bonds is 4. The maximum absolute atomic E-state index is 6.44. The van der Waals surface area contributed by atoms with Crippen molar-refractivity contribution in [3.8, 4) is 22.3 Å². The van der Waals surface area contributed by atoms with Gasteiger partial charge < -0.3 is 0 Å². The molecule has 4 rings (SSSR count). The number of alkyl halides is 3. The first-order chi connectivity index (χ1) is 14.8. The minimum absolute atomic E-state index is 0.379. The Morgan fingerprint density at radius 3 is 0.968 bits per heavy atom. The SMILES string of the molecule is ClC(Cl)(Cl)C(c1ccc(-c2ccc(Br)cc2)cc1)c1ccc(-c2ccc(Br)cc2)cc1. The Labute approximate surface area is 214 Å². The molecule has 0 spiro atoms. The summed E-state index contributed by atoms with van der Waals surface area (Å²) < 4.78 is 0.629. The Kier molecular flexibility index (Phi) is 7.15. The van der Waals surface area contributed by atoms with Crippen LogP contribution in [0.25, 0.3) is 22.3 Å². The molecular weight excluding hydrogens is 578 g/mol. The van der Waals surface area contributed by atoms with E-state index in [4.69, 9.17) is 34.8 Å². The zero-order valence-electron chi connectivity index (χ0n) is 16.2. The standard InChI is InChI=1S/C26H17Br2Cl3/c27-23-13-9-19(10-14-23)17-1-5-21(6-2-17)25(26(29,30)31)22-7-3-18(4-8-22)20-11-15-24(28)16-12-20/h1-16,25H. The van der Waals surface area contributed by atoms with Crippen LogP contribution < -0.4 is 0 Å². The zero-order valence-corrected chi connectivity index (χ0v) is 21.6. The van der Waals surface area contributed by atoms with Gasteiger partial charge in [-0.05, 0) is 57.6 Å². The van der Waals surface area contributed by atoms with Gasteiger partial charge in [-0.3, -0.25) is 0 Å². The van der Waals surface area contributed by atoms with Crippen molar-refractivity contribution in [2.24, 2.45) is 0 Å². The van der Waals surface area contributed by atoms with E-state index in [2.05, 4.69) is 80.4 Å². The van der Waals surface area contributed by atoms with E-state index in [1.165, 1.54) is 0 Å². The molecule has 0 atom stereocenters. The highest BCUT2D eigenvalue weighted by atomic mass is 79.9. The van der Waals surface area contributed by atoms with Gasteiger partial charge in [0.15, 0.2) is 0 Å². The first kappa shape index (κ1) is 22.9. The van der Waals surface area contributed by atoms with Crippen LogP contribution in [0.3, 0.4) is 0 Å². The molecule has 0 saturated heterocycles. The Balaban J connectivity index is 1.64. The third-order valence-electron chi connectivity index (χ3n) is 5.17. The molecule has 4 aromatic rings. The van der Waals surface area contributed by atoms with E-state index in [0.717, 1.165) is 42.3 Å². The predicted molar refractivity (Wildman–Crippen MR) is 141 cm³/mol. The van der Waals surface area contributed by atoms with E-state index < -0.39 is 3.79 Å². The minimum atomic E-state index is -1.47. The van der Waals surface area contributed by atoms with Gasteiger partial charge in [-0.25, -0.2) is 0 Å². The van der Waals surface area contributed by atoms with Gasteiger partial charge in [-0.1, -0.05) is 139 Å². The lowest BCUT2D eigenvalue weighted by atomic mass is 9.90. The topological polar surface area (TPSA) is 0 Å². The molecule has 0 heterocycles. The second-order valence-electron chi connectivity index (χ2n) is 7.23. The summed E-state index contributed by atoms with van der Waals surface area (Å²) in [6, 6.07) is 32.8. The lowest BCUT2D eigenvalue weighted by Gasteiger charge is -2.26. The summed E-state index contributed by atoms with van der Waals surface area (Å²) in [6.45, 7) is 0. The molecule has 0 radical (unpaired) electrons. The summed E-state index contributed by atoms with van der Waals surface area (Å²) in [7, 11) is 0. The van der Waals surface area contributed by atoms with E-state index >= 15 is 0 Å². The van der Waals surface area contributed by atoms with Gasteiger partial charge in [0.2, 0.25) is 3.79 Å². The van der Waals surface area contributed by atoms with Crippen molar-refractivity contribution in [3.63, 3.8) is 0 Å². The van der Waals surface area contributed by atoms with Crippen molar-refractivity contribution in [2.45, 2.75) is 9.71 Å². The summed E-state index contributed by atoms with van der Waals surface area (Å²) in [6.07, 6.45) is 0. The third-order valence-corrected chi connectivity index (χ3v) is 6.88. The van der Waals surface area contributed by atoms with Crippen LogP contribution in [0.15, 0.2) is 106 Å². The van der Waals surface area contributed by atoms with Gasteiger partial charge in [0.1, 0.15) is 0 Å². The van der Waals surface area contributed by atoms with Gasteiger partial charge >= 0.3 is 0 Å². The lowest BCUT2D eigenvalue weighted by molar-refractivity contribution is 0.839. The molecule has 0 unspecified atom stereocenters. The Morgan fingerprint density at radius 1 is 0.452 bits per heavy atom. The Hall–Kier alpha value is -1.29. The number of benzene rings is 4. The van der Waals surface area contributed by atoms with Gasteiger partial charge in [0.25, 0.3) is 0 Å². The summed E-state index contributed by atoms with van der Waals surface area (Å²) >= 11 is 26.3. The predicted octanol–water partition coefficient (Wildman–Crippen LogP) is 10.0. The maximum Gasteiger partial charge on any atom is 0.201 e. The highest BCUT2D eigenvalue weighted by Crippen LogP contribution is 2.46. The van der Waals surface area contributed by atoms with E-state index in [-0.39, 0.29) is 5.92 Å². The molecule has 0 aliphatic heterocycles. The molecule has 31 heavy (non-hydrogen) atoms. The molecule has 0 fully saturated rings. The summed E-state index contributed by atoms with van der Waals surface area (Å²) in [4.78, 5) is 0. The van der Waals surface area contributed by atoms with Gasteiger partial charge in [0.05, 0.1) is 5.92 Å². The molecule has 0 saturated carbocycles. The molecule has 0 nitrogen and oxygen atoms in total. The molecule has 5 heteroatoms. The van der Waals surface area contributed by atoms with Crippen molar-refractivity contribution in [1.29, 1.82) is 0 Å². The van der Waals surface area contributed by atoms with Crippen LogP contribution in [-0.4, -0.2) is 3.79 Å². The number of hydrogen-bond donors (Lipinski definition) is 0. The fourth-order valence-electron chi connectivity index (χ4n) is 3.59. The fraction of sp³-hybridized carbons (Fsp3) is 0.0769. The molecule has 0 aliphatic rings. The first-order valence-electron chi connectivity index (χ1n) is 9.60. The van der Waals surface area contributed by atoms with E-state index in [9.17, 15) is 0 Å². The molecule has 0 aromatic heterocycles. The van der Waals surface area contributed by atoms with Crippen LogP contribution in [0.4, 0.5) is 0 Å². The maximum atomic E-state index is 6.44. The van der Waals surface area contributed by atoms with Crippen molar-refractivity contribution in [1.82, 2.24) is 0 Å². The van der Waals surface area contributed by atoms with E-state index in [1.54, 1.807) is 0 Å². The van der Waals surface area contributed by atoms with Crippen molar-refractivity contribution in [2.75, 3.05) is 0 Å². The quantitative estimate of drug-likeness (QED) is 0.206. The average molecular weight is 596 g/mol. The summed E-state index contributed by atoms with van der Waals surface area (Å²) in [5, 5.41) is 0. The highest BCUT2D eigenvalue weighted by Gasteiger charge is 2.35. The van der Waals surface area contributed by atoms with E-state index in [0.29, 0.717) is 0 Å². The van der Waals surface area contributed by atoms with Crippen LogP contribution in [0.5, 0.6) is 0 Å². The van der Waals surface area contributed by atoms with Crippen LogP contribution in [0.2, 0.25) is 0 Å². The minimum Gasteiger partial charge on any atom is -0.0826 e. The van der Waals surface area contributed by atoms with Crippen LogP contribution in [0, 0.1) is 0 Å². The Bertz CT molecular complexity index is 1060.